The maximum absolute atomic E-state index is 12.8. The van der Waals surface area contributed by atoms with Crippen LogP contribution in [0, 0.1) is 0 Å². The summed E-state index contributed by atoms with van der Waals surface area (Å²) in [5.41, 5.74) is 3.17. The second-order valence-corrected chi connectivity index (χ2v) is 7.52. The van der Waals surface area contributed by atoms with Crippen LogP contribution in [0.2, 0.25) is 0 Å². The number of halogens is 2. The molecule has 2 aliphatic heterocycles. The first-order valence-electron chi connectivity index (χ1n) is 10.00. The van der Waals surface area contributed by atoms with Gasteiger partial charge in [0.2, 0.25) is 6.79 Å². The Morgan fingerprint density at radius 1 is 1.07 bits per heavy atom. The van der Waals surface area contributed by atoms with Crippen molar-refractivity contribution in [2.45, 2.75) is 25.7 Å². The van der Waals surface area contributed by atoms with Gasteiger partial charge in [-0.1, -0.05) is 0 Å². The van der Waals surface area contributed by atoms with Crippen LogP contribution in [0.5, 0.6) is 11.5 Å². The van der Waals surface area contributed by atoms with E-state index in [0.717, 1.165) is 68.7 Å². The van der Waals surface area contributed by atoms with Gasteiger partial charge < -0.3 is 19.3 Å². The molecule has 0 saturated heterocycles. The SMILES string of the molecule is CN(CCCc1ccncc1)CCCN1CCc2cc3c(cc2C1=O)OCO3.Cl.Cl. The van der Waals surface area contributed by atoms with Crippen molar-refractivity contribution < 1.29 is 14.3 Å². The largest absolute Gasteiger partial charge is 0.454 e. The highest BCUT2D eigenvalue weighted by molar-refractivity contribution is 5.97. The topological polar surface area (TPSA) is 54.9 Å². The minimum Gasteiger partial charge on any atom is -0.454 e. The van der Waals surface area contributed by atoms with Gasteiger partial charge in [-0.3, -0.25) is 9.78 Å². The third-order valence-electron chi connectivity index (χ3n) is 5.49. The monoisotopic (exact) mass is 453 g/mol. The average Bonchev–Trinajstić information content (AvgIpc) is 3.17. The number of aryl methyl sites for hydroxylation is 1. The van der Waals surface area contributed by atoms with Crippen LogP contribution in [0.15, 0.2) is 36.7 Å². The maximum Gasteiger partial charge on any atom is 0.254 e. The van der Waals surface area contributed by atoms with Crippen molar-refractivity contribution in [2.75, 3.05) is 40.0 Å². The van der Waals surface area contributed by atoms with Crippen molar-refractivity contribution in [1.82, 2.24) is 14.8 Å². The van der Waals surface area contributed by atoms with Crippen LogP contribution in [0.4, 0.5) is 0 Å². The molecule has 1 aromatic carbocycles. The van der Waals surface area contributed by atoms with E-state index in [2.05, 4.69) is 29.1 Å². The van der Waals surface area contributed by atoms with E-state index in [4.69, 9.17) is 9.47 Å². The Balaban J connectivity index is 0.00000160. The van der Waals surface area contributed by atoms with Gasteiger partial charge in [-0.25, -0.2) is 0 Å². The molecule has 30 heavy (non-hydrogen) atoms. The first-order chi connectivity index (χ1) is 13.7. The van der Waals surface area contributed by atoms with E-state index in [0.29, 0.717) is 5.75 Å². The Morgan fingerprint density at radius 3 is 2.53 bits per heavy atom. The van der Waals surface area contributed by atoms with E-state index >= 15 is 0 Å². The molecule has 0 aliphatic carbocycles. The Kier molecular flexibility index (Phi) is 9.21. The highest BCUT2D eigenvalue weighted by atomic mass is 35.5. The summed E-state index contributed by atoms with van der Waals surface area (Å²) in [6.07, 6.45) is 7.76. The van der Waals surface area contributed by atoms with Gasteiger partial charge in [-0.05, 0) is 81.2 Å². The summed E-state index contributed by atoms with van der Waals surface area (Å²) >= 11 is 0. The van der Waals surface area contributed by atoms with E-state index in [1.54, 1.807) is 0 Å². The van der Waals surface area contributed by atoms with Crippen LogP contribution in [0.3, 0.4) is 0 Å². The molecule has 8 heteroatoms. The molecule has 0 radical (unpaired) electrons. The highest BCUT2D eigenvalue weighted by Gasteiger charge is 2.27. The molecule has 0 saturated carbocycles. The lowest BCUT2D eigenvalue weighted by atomic mass is 9.98. The standard InChI is InChI=1S/C22H27N3O3.2ClH/c1-24(10-2-4-17-5-8-23-9-6-17)11-3-12-25-13-7-18-14-20-21(28-16-27-20)15-19(18)22(25)26;;/h5-6,8-9,14-15H,2-4,7,10-13,16H2,1H3;2*1H. The van der Waals surface area contributed by atoms with Gasteiger partial charge in [-0.15, -0.1) is 24.8 Å². The summed E-state index contributed by atoms with van der Waals surface area (Å²) in [5.74, 6) is 1.55. The molecule has 0 unspecified atom stereocenters. The Bertz CT molecular complexity index is 836. The van der Waals surface area contributed by atoms with Crippen LogP contribution >= 0.6 is 24.8 Å². The second kappa shape index (κ2) is 11.4. The Labute approximate surface area is 190 Å². The molecule has 6 nitrogen and oxygen atoms in total. The third kappa shape index (κ3) is 5.78. The molecule has 2 aliphatic rings. The van der Waals surface area contributed by atoms with E-state index < -0.39 is 0 Å². The highest BCUT2D eigenvalue weighted by Crippen LogP contribution is 2.36. The van der Waals surface area contributed by atoms with Gasteiger partial charge in [0, 0.05) is 31.0 Å². The molecule has 0 fully saturated rings. The third-order valence-corrected chi connectivity index (χ3v) is 5.49. The molecule has 0 spiro atoms. The smallest absolute Gasteiger partial charge is 0.254 e. The van der Waals surface area contributed by atoms with Crippen LogP contribution in [-0.2, 0) is 12.8 Å². The first kappa shape index (κ1) is 24.3. The van der Waals surface area contributed by atoms with Crippen LogP contribution in [0.1, 0.15) is 34.3 Å². The summed E-state index contributed by atoms with van der Waals surface area (Å²) in [6.45, 7) is 3.86. The molecule has 2 aromatic rings. The minimum atomic E-state index is 0. The van der Waals surface area contributed by atoms with Gasteiger partial charge >= 0.3 is 0 Å². The van der Waals surface area contributed by atoms with Gasteiger partial charge in [-0.2, -0.15) is 0 Å². The van der Waals surface area contributed by atoms with Crippen molar-refractivity contribution in [1.29, 1.82) is 0 Å². The number of fused-ring (bicyclic) bond motifs is 2. The van der Waals surface area contributed by atoms with E-state index in [1.165, 1.54) is 5.56 Å². The Morgan fingerprint density at radius 2 is 1.77 bits per heavy atom. The lowest BCUT2D eigenvalue weighted by Crippen LogP contribution is -2.39. The van der Waals surface area contributed by atoms with Crippen molar-refractivity contribution >= 4 is 30.7 Å². The number of hydrogen-bond donors (Lipinski definition) is 0. The zero-order valence-corrected chi connectivity index (χ0v) is 18.8. The van der Waals surface area contributed by atoms with E-state index in [9.17, 15) is 4.79 Å². The number of carbonyl (C=O) groups is 1. The number of rotatable bonds is 8. The Hall–Kier alpha value is -2.02. The van der Waals surface area contributed by atoms with Crippen molar-refractivity contribution in [3.05, 3.63) is 53.3 Å². The number of carbonyl (C=O) groups excluding carboxylic acids is 1. The van der Waals surface area contributed by atoms with Crippen LogP contribution in [-0.4, -0.2) is 60.7 Å². The maximum atomic E-state index is 12.8. The number of aromatic nitrogens is 1. The zero-order chi connectivity index (χ0) is 19.3. The summed E-state index contributed by atoms with van der Waals surface area (Å²) < 4.78 is 10.8. The fourth-order valence-electron chi connectivity index (χ4n) is 3.88. The molecule has 164 valence electrons. The minimum absolute atomic E-state index is 0. The molecule has 0 N–H and O–H groups in total. The van der Waals surface area contributed by atoms with Gasteiger partial charge in [0.1, 0.15) is 0 Å². The molecule has 1 amide bonds. The number of amides is 1. The predicted molar refractivity (Wildman–Crippen MR) is 121 cm³/mol. The van der Waals surface area contributed by atoms with Crippen molar-refractivity contribution in [3.8, 4) is 11.5 Å². The molecule has 1 aromatic heterocycles. The average molecular weight is 454 g/mol. The van der Waals surface area contributed by atoms with Gasteiger partial charge in [0.15, 0.2) is 11.5 Å². The predicted octanol–water partition coefficient (Wildman–Crippen LogP) is 3.61. The van der Waals surface area contributed by atoms with Crippen molar-refractivity contribution in [3.63, 3.8) is 0 Å². The number of nitrogens with zero attached hydrogens (tertiary/aromatic N) is 3. The van der Waals surface area contributed by atoms with E-state index in [-0.39, 0.29) is 37.5 Å². The molecule has 0 atom stereocenters. The first-order valence-corrected chi connectivity index (χ1v) is 10.00. The summed E-state index contributed by atoms with van der Waals surface area (Å²) in [6, 6.07) is 7.96. The molecule has 0 bridgehead atoms. The quantitative estimate of drug-likeness (QED) is 0.610. The molecular formula is C22H29Cl2N3O3. The zero-order valence-electron chi connectivity index (χ0n) is 17.2. The number of benzene rings is 1. The fraction of sp³-hybridized carbons (Fsp3) is 0.455. The summed E-state index contributed by atoms with van der Waals surface area (Å²) in [4.78, 5) is 21.2. The number of hydrogen-bond acceptors (Lipinski definition) is 5. The lowest BCUT2D eigenvalue weighted by molar-refractivity contribution is 0.0733. The number of pyridine rings is 1. The molecular weight excluding hydrogens is 425 g/mol. The van der Waals surface area contributed by atoms with Gasteiger partial charge in [0.05, 0.1) is 0 Å². The summed E-state index contributed by atoms with van der Waals surface area (Å²) in [7, 11) is 2.15. The van der Waals surface area contributed by atoms with Gasteiger partial charge in [0.25, 0.3) is 5.91 Å². The second-order valence-electron chi connectivity index (χ2n) is 7.52. The fourth-order valence-corrected chi connectivity index (χ4v) is 3.88. The summed E-state index contributed by atoms with van der Waals surface area (Å²) in [5, 5.41) is 0. The number of ether oxygens (including phenoxy) is 2. The normalized spacial score (nSPS) is 14.2. The lowest BCUT2D eigenvalue weighted by Gasteiger charge is -2.29. The molecule has 4 rings (SSSR count). The molecule has 3 heterocycles. The van der Waals surface area contributed by atoms with Crippen LogP contribution < -0.4 is 9.47 Å². The van der Waals surface area contributed by atoms with Crippen molar-refractivity contribution in [2.24, 2.45) is 0 Å². The van der Waals surface area contributed by atoms with Crippen LogP contribution in [0.25, 0.3) is 0 Å². The van der Waals surface area contributed by atoms with E-state index in [1.807, 2.05) is 29.4 Å².